The number of hydrogen-bond acceptors (Lipinski definition) is 3. The van der Waals surface area contributed by atoms with Crippen molar-refractivity contribution in [1.82, 2.24) is 20.5 Å². The van der Waals surface area contributed by atoms with E-state index in [1.54, 1.807) is 12.1 Å². The van der Waals surface area contributed by atoms with E-state index in [2.05, 4.69) is 55.1 Å². The summed E-state index contributed by atoms with van der Waals surface area (Å²) in [6.45, 7) is 16.4. The molecule has 2 heterocycles. The minimum absolute atomic E-state index is 0.132. The number of rotatable bonds is 11. The highest BCUT2D eigenvalue weighted by Gasteiger charge is 2.29. The molecule has 34 heavy (non-hydrogen) atoms. The zero-order chi connectivity index (χ0) is 24.7. The number of piperidine rings is 1. The molecule has 0 radical (unpaired) electrons. The third kappa shape index (κ3) is 8.09. The lowest BCUT2D eigenvalue weighted by Gasteiger charge is -2.39. The van der Waals surface area contributed by atoms with Gasteiger partial charge in [-0.25, -0.2) is 4.39 Å². The topological polar surface area (TPSA) is 60.2 Å². The van der Waals surface area contributed by atoms with E-state index in [1.165, 1.54) is 12.5 Å². The van der Waals surface area contributed by atoms with E-state index in [4.69, 9.17) is 0 Å². The van der Waals surface area contributed by atoms with Crippen LogP contribution in [0.1, 0.15) is 65.9 Å². The molecule has 3 rings (SSSR count). The standard InChI is InChI=1S/C28H45FN4O/c1-20(2)8-12-30-26(28(3,4)5)19-33-14-10-21(11-15-33)16-27(34)31-13-9-22-18-32-25-7-6-23(29)17-24(22)25/h6-7,17-18,20-21,26,30,32H,8-16,19H2,1-5H3,(H,31,34). The molecule has 1 aliphatic heterocycles. The first kappa shape index (κ1) is 26.7. The highest BCUT2D eigenvalue weighted by Crippen LogP contribution is 2.25. The van der Waals surface area contributed by atoms with Crippen LogP contribution < -0.4 is 10.6 Å². The van der Waals surface area contributed by atoms with Gasteiger partial charge in [-0.15, -0.1) is 0 Å². The largest absolute Gasteiger partial charge is 0.361 e. The van der Waals surface area contributed by atoms with E-state index in [-0.39, 0.29) is 17.1 Å². The Morgan fingerprint density at radius 2 is 1.94 bits per heavy atom. The average molecular weight is 473 g/mol. The van der Waals surface area contributed by atoms with Gasteiger partial charge in [0.1, 0.15) is 5.82 Å². The highest BCUT2D eigenvalue weighted by molar-refractivity contribution is 5.83. The number of nitrogens with zero attached hydrogens (tertiary/aromatic N) is 1. The molecule has 1 unspecified atom stereocenters. The number of nitrogens with one attached hydrogen (secondary N) is 3. The lowest BCUT2D eigenvalue weighted by atomic mass is 9.85. The molecular weight excluding hydrogens is 427 g/mol. The third-order valence-corrected chi connectivity index (χ3v) is 7.23. The number of likely N-dealkylation sites (tertiary alicyclic amines) is 1. The second kappa shape index (κ2) is 12.2. The van der Waals surface area contributed by atoms with Crippen LogP contribution >= 0.6 is 0 Å². The summed E-state index contributed by atoms with van der Waals surface area (Å²) in [4.78, 5) is 18.3. The number of benzene rings is 1. The van der Waals surface area contributed by atoms with Crippen LogP contribution in [0.15, 0.2) is 24.4 Å². The van der Waals surface area contributed by atoms with Crippen molar-refractivity contribution >= 4 is 16.8 Å². The van der Waals surface area contributed by atoms with E-state index >= 15 is 0 Å². The molecule has 1 saturated heterocycles. The molecular formula is C28H45FN4O. The first-order chi connectivity index (χ1) is 16.1. The number of carbonyl (C=O) groups is 1. The molecule has 0 aliphatic carbocycles. The van der Waals surface area contributed by atoms with E-state index in [0.29, 0.717) is 31.3 Å². The summed E-state index contributed by atoms with van der Waals surface area (Å²) in [5.74, 6) is 1.08. The summed E-state index contributed by atoms with van der Waals surface area (Å²) in [5, 5.41) is 7.77. The molecule has 0 bridgehead atoms. The fraction of sp³-hybridized carbons (Fsp3) is 0.679. The lowest BCUT2D eigenvalue weighted by molar-refractivity contribution is -0.122. The molecule has 190 valence electrons. The Balaban J connectivity index is 1.37. The van der Waals surface area contributed by atoms with Gasteiger partial charge in [-0.1, -0.05) is 34.6 Å². The normalized spacial score (nSPS) is 16.9. The molecule has 1 atom stereocenters. The smallest absolute Gasteiger partial charge is 0.220 e. The Kier molecular flexibility index (Phi) is 9.55. The van der Waals surface area contributed by atoms with Gasteiger partial charge < -0.3 is 20.5 Å². The van der Waals surface area contributed by atoms with Crippen LogP contribution in [0, 0.1) is 23.1 Å². The SMILES string of the molecule is CC(C)CCNC(CN1CCC(CC(=O)NCCc2c[nH]c3ccc(F)cc23)CC1)C(C)(C)C. The zero-order valence-corrected chi connectivity index (χ0v) is 21.8. The maximum absolute atomic E-state index is 13.6. The molecule has 1 aromatic heterocycles. The van der Waals surface area contributed by atoms with Crippen molar-refractivity contribution in [2.45, 2.75) is 72.8 Å². The Bertz CT molecular complexity index is 909. The molecule has 1 amide bonds. The molecule has 1 aliphatic rings. The van der Waals surface area contributed by atoms with Gasteiger partial charge in [0.25, 0.3) is 0 Å². The second-order valence-electron chi connectivity index (χ2n) is 11.6. The summed E-state index contributed by atoms with van der Waals surface area (Å²) < 4.78 is 13.6. The lowest BCUT2D eigenvalue weighted by Crippen LogP contribution is -2.50. The number of fused-ring (bicyclic) bond motifs is 1. The van der Waals surface area contributed by atoms with Crippen molar-refractivity contribution in [3.05, 3.63) is 35.8 Å². The predicted molar refractivity (Wildman–Crippen MR) is 139 cm³/mol. The first-order valence-corrected chi connectivity index (χ1v) is 13.1. The fourth-order valence-corrected chi connectivity index (χ4v) is 4.85. The van der Waals surface area contributed by atoms with E-state index in [1.807, 2.05) is 6.20 Å². The van der Waals surface area contributed by atoms with Crippen LogP contribution in [-0.2, 0) is 11.2 Å². The Labute approximate surface area is 205 Å². The van der Waals surface area contributed by atoms with Crippen molar-refractivity contribution in [2.75, 3.05) is 32.7 Å². The molecule has 0 spiro atoms. The minimum Gasteiger partial charge on any atom is -0.361 e. The second-order valence-corrected chi connectivity index (χ2v) is 11.6. The molecule has 3 N–H and O–H groups in total. The molecule has 6 heteroatoms. The number of hydrogen-bond donors (Lipinski definition) is 3. The van der Waals surface area contributed by atoms with Gasteiger partial charge in [-0.2, -0.15) is 0 Å². The molecule has 5 nitrogen and oxygen atoms in total. The van der Waals surface area contributed by atoms with Gasteiger partial charge in [0.2, 0.25) is 5.91 Å². The van der Waals surface area contributed by atoms with Gasteiger partial charge >= 0.3 is 0 Å². The summed E-state index contributed by atoms with van der Waals surface area (Å²) in [6.07, 6.45) is 6.59. The van der Waals surface area contributed by atoms with Crippen molar-refractivity contribution in [2.24, 2.45) is 17.3 Å². The number of amides is 1. The van der Waals surface area contributed by atoms with Crippen molar-refractivity contribution in [1.29, 1.82) is 0 Å². The highest BCUT2D eigenvalue weighted by atomic mass is 19.1. The number of carbonyl (C=O) groups excluding carboxylic acids is 1. The van der Waals surface area contributed by atoms with Crippen molar-refractivity contribution in [3.8, 4) is 0 Å². The van der Waals surface area contributed by atoms with Gasteiger partial charge in [0.15, 0.2) is 0 Å². The van der Waals surface area contributed by atoms with Crippen LogP contribution in [0.25, 0.3) is 10.9 Å². The molecule has 1 aromatic carbocycles. The summed E-state index contributed by atoms with van der Waals surface area (Å²) >= 11 is 0. The number of aromatic amines is 1. The van der Waals surface area contributed by atoms with Crippen LogP contribution in [0.3, 0.4) is 0 Å². The number of H-pyrrole nitrogens is 1. The maximum Gasteiger partial charge on any atom is 0.220 e. The first-order valence-electron chi connectivity index (χ1n) is 13.1. The molecule has 2 aromatic rings. The van der Waals surface area contributed by atoms with E-state index in [0.717, 1.165) is 61.4 Å². The molecule has 1 fully saturated rings. The molecule has 0 saturated carbocycles. The van der Waals surface area contributed by atoms with Crippen molar-refractivity contribution in [3.63, 3.8) is 0 Å². The van der Waals surface area contributed by atoms with E-state index < -0.39 is 0 Å². The van der Waals surface area contributed by atoms with Gasteiger partial charge in [0.05, 0.1) is 0 Å². The minimum atomic E-state index is -0.233. The van der Waals surface area contributed by atoms with Crippen LogP contribution in [-0.4, -0.2) is 54.6 Å². The van der Waals surface area contributed by atoms with Crippen LogP contribution in [0.2, 0.25) is 0 Å². The average Bonchev–Trinajstić information content (AvgIpc) is 3.15. The van der Waals surface area contributed by atoms with E-state index in [9.17, 15) is 9.18 Å². The Morgan fingerprint density at radius 3 is 2.62 bits per heavy atom. The monoisotopic (exact) mass is 472 g/mol. The zero-order valence-electron chi connectivity index (χ0n) is 21.8. The van der Waals surface area contributed by atoms with Gasteiger partial charge in [0, 0.05) is 42.7 Å². The fourth-order valence-electron chi connectivity index (χ4n) is 4.85. The Hall–Kier alpha value is -1.92. The van der Waals surface area contributed by atoms with Crippen LogP contribution in [0.5, 0.6) is 0 Å². The summed E-state index contributed by atoms with van der Waals surface area (Å²) in [6, 6.07) is 5.25. The van der Waals surface area contributed by atoms with Gasteiger partial charge in [-0.3, -0.25) is 4.79 Å². The summed E-state index contributed by atoms with van der Waals surface area (Å²) in [7, 11) is 0. The number of aromatic nitrogens is 1. The Morgan fingerprint density at radius 1 is 1.21 bits per heavy atom. The van der Waals surface area contributed by atoms with Gasteiger partial charge in [-0.05, 0) is 86.3 Å². The summed E-state index contributed by atoms with van der Waals surface area (Å²) in [5.41, 5.74) is 2.20. The maximum atomic E-state index is 13.6. The third-order valence-electron chi connectivity index (χ3n) is 7.23. The van der Waals surface area contributed by atoms with Crippen LogP contribution in [0.4, 0.5) is 4.39 Å². The quantitative estimate of drug-likeness (QED) is 0.425. The predicted octanol–water partition coefficient (Wildman–Crippen LogP) is 5.12. The van der Waals surface area contributed by atoms with Crippen molar-refractivity contribution < 1.29 is 9.18 Å². The number of halogens is 1.